The van der Waals surface area contributed by atoms with E-state index in [2.05, 4.69) is 21.2 Å². The zero-order chi connectivity index (χ0) is 21.6. The molecular weight excluding hydrogens is 442 g/mol. The number of rotatable bonds is 6. The van der Waals surface area contributed by atoms with E-state index in [-0.39, 0.29) is 6.04 Å². The summed E-state index contributed by atoms with van der Waals surface area (Å²) in [4.78, 5) is 12.5. The molecule has 5 heteroatoms. The Kier molecular flexibility index (Phi) is 7.16. The van der Waals surface area contributed by atoms with Crippen LogP contribution >= 0.6 is 15.9 Å². The Labute approximate surface area is 186 Å². The van der Waals surface area contributed by atoms with Gasteiger partial charge in [0, 0.05) is 4.47 Å². The van der Waals surface area contributed by atoms with Crippen LogP contribution in [0.1, 0.15) is 43.5 Å². The van der Waals surface area contributed by atoms with E-state index in [0.717, 1.165) is 26.9 Å². The maximum atomic E-state index is 12.5. The van der Waals surface area contributed by atoms with Gasteiger partial charge < -0.3 is 14.8 Å². The molecule has 1 amide bonds. The zero-order valence-electron chi connectivity index (χ0n) is 17.4. The van der Waals surface area contributed by atoms with E-state index in [9.17, 15) is 4.79 Å². The van der Waals surface area contributed by atoms with Gasteiger partial charge in [0.1, 0.15) is 18.0 Å². The van der Waals surface area contributed by atoms with E-state index in [1.54, 1.807) is 0 Å². The number of nitrogens with one attached hydrogen (secondary N) is 1. The molecule has 3 aromatic carbocycles. The van der Waals surface area contributed by atoms with Crippen LogP contribution in [0.4, 0.5) is 4.79 Å². The molecular formula is C25H26BrNO3. The SMILES string of the molecule is CC(C)(C)OC(=O)N[C@@H](c1ccccc1)c1cccc(OCc2ccc(Br)cc2)c1. The lowest BCUT2D eigenvalue weighted by Gasteiger charge is -2.24. The van der Waals surface area contributed by atoms with Gasteiger partial charge in [0.05, 0.1) is 6.04 Å². The van der Waals surface area contributed by atoms with Crippen molar-refractivity contribution in [1.29, 1.82) is 0 Å². The first-order valence-electron chi connectivity index (χ1n) is 9.82. The fraction of sp³-hybridized carbons (Fsp3) is 0.240. The molecule has 0 spiro atoms. The van der Waals surface area contributed by atoms with E-state index in [0.29, 0.717) is 6.61 Å². The van der Waals surface area contributed by atoms with E-state index in [1.165, 1.54) is 0 Å². The van der Waals surface area contributed by atoms with Crippen molar-refractivity contribution in [3.63, 3.8) is 0 Å². The summed E-state index contributed by atoms with van der Waals surface area (Å²) >= 11 is 3.44. The molecule has 0 aliphatic rings. The maximum Gasteiger partial charge on any atom is 0.408 e. The number of hydrogen-bond donors (Lipinski definition) is 1. The van der Waals surface area contributed by atoms with Crippen molar-refractivity contribution >= 4 is 22.0 Å². The fourth-order valence-electron chi connectivity index (χ4n) is 2.96. The minimum atomic E-state index is -0.568. The van der Waals surface area contributed by atoms with Crippen molar-refractivity contribution in [3.05, 3.63) is 100 Å². The molecule has 30 heavy (non-hydrogen) atoms. The van der Waals surface area contributed by atoms with Gasteiger partial charge in [0.2, 0.25) is 0 Å². The molecule has 156 valence electrons. The highest BCUT2D eigenvalue weighted by Gasteiger charge is 2.22. The molecule has 0 aliphatic carbocycles. The first-order chi connectivity index (χ1) is 14.3. The number of benzene rings is 3. The summed E-state index contributed by atoms with van der Waals surface area (Å²) in [6, 6.07) is 25.3. The number of carbonyl (C=O) groups is 1. The van der Waals surface area contributed by atoms with Crippen LogP contribution in [-0.2, 0) is 11.3 Å². The average Bonchev–Trinajstić information content (AvgIpc) is 2.71. The van der Waals surface area contributed by atoms with Crippen LogP contribution in [0, 0.1) is 0 Å². The molecule has 1 atom stereocenters. The summed E-state index contributed by atoms with van der Waals surface area (Å²) in [5.41, 5.74) is 2.39. The van der Waals surface area contributed by atoms with Gasteiger partial charge >= 0.3 is 6.09 Å². The number of hydrogen-bond acceptors (Lipinski definition) is 3. The lowest BCUT2D eigenvalue weighted by Crippen LogP contribution is -2.35. The smallest absolute Gasteiger partial charge is 0.408 e. The minimum Gasteiger partial charge on any atom is -0.489 e. The molecule has 3 rings (SSSR count). The Morgan fingerprint density at radius 3 is 2.27 bits per heavy atom. The van der Waals surface area contributed by atoms with Gasteiger partial charge in [-0.25, -0.2) is 4.79 Å². The van der Waals surface area contributed by atoms with Crippen LogP contribution in [0.2, 0.25) is 0 Å². The van der Waals surface area contributed by atoms with Crippen molar-refractivity contribution in [2.45, 2.75) is 39.0 Å². The predicted molar refractivity (Wildman–Crippen MR) is 123 cm³/mol. The largest absolute Gasteiger partial charge is 0.489 e. The van der Waals surface area contributed by atoms with Gasteiger partial charge in [0.15, 0.2) is 0 Å². The summed E-state index contributed by atoms with van der Waals surface area (Å²) in [7, 11) is 0. The summed E-state index contributed by atoms with van der Waals surface area (Å²) < 4.78 is 12.5. The molecule has 0 saturated heterocycles. The van der Waals surface area contributed by atoms with Crippen molar-refractivity contribution in [2.24, 2.45) is 0 Å². The Balaban J connectivity index is 1.80. The maximum absolute atomic E-state index is 12.5. The molecule has 0 unspecified atom stereocenters. The van der Waals surface area contributed by atoms with Crippen LogP contribution in [0.15, 0.2) is 83.3 Å². The lowest BCUT2D eigenvalue weighted by molar-refractivity contribution is 0.0512. The summed E-state index contributed by atoms with van der Waals surface area (Å²) in [6.45, 7) is 6.01. The minimum absolute atomic E-state index is 0.350. The van der Waals surface area contributed by atoms with E-state index in [1.807, 2.05) is 99.6 Å². The molecule has 4 nitrogen and oxygen atoms in total. The predicted octanol–water partition coefficient (Wildman–Crippen LogP) is 6.64. The van der Waals surface area contributed by atoms with Gasteiger partial charge in [-0.3, -0.25) is 0 Å². The van der Waals surface area contributed by atoms with Gasteiger partial charge in [0.25, 0.3) is 0 Å². The van der Waals surface area contributed by atoms with Gasteiger partial charge in [-0.15, -0.1) is 0 Å². The highest BCUT2D eigenvalue weighted by molar-refractivity contribution is 9.10. The third-order valence-electron chi connectivity index (χ3n) is 4.30. The Morgan fingerprint density at radius 2 is 1.60 bits per heavy atom. The van der Waals surface area contributed by atoms with Gasteiger partial charge in [-0.2, -0.15) is 0 Å². The second kappa shape index (κ2) is 9.81. The highest BCUT2D eigenvalue weighted by atomic mass is 79.9. The Bertz CT molecular complexity index is 966. The zero-order valence-corrected chi connectivity index (χ0v) is 19.0. The molecule has 0 aromatic heterocycles. The Morgan fingerprint density at radius 1 is 0.933 bits per heavy atom. The molecule has 0 fully saturated rings. The van der Waals surface area contributed by atoms with Gasteiger partial charge in [-0.05, 0) is 61.7 Å². The molecule has 0 radical (unpaired) electrons. The molecule has 0 bridgehead atoms. The standard InChI is InChI=1S/C25H26BrNO3/c1-25(2,3)30-24(28)27-23(19-8-5-4-6-9-19)20-10-7-11-22(16-20)29-17-18-12-14-21(26)15-13-18/h4-16,23H,17H2,1-3H3,(H,27,28)/t23-/m0/s1. The van der Waals surface area contributed by atoms with Crippen molar-refractivity contribution in [1.82, 2.24) is 5.32 Å². The lowest BCUT2D eigenvalue weighted by atomic mass is 9.98. The topological polar surface area (TPSA) is 47.6 Å². The average molecular weight is 468 g/mol. The quantitative estimate of drug-likeness (QED) is 0.441. The monoisotopic (exact) mass is 467 g/mol. The third-order valence-corrected chi connectivity index (χ3v) is 4.83. The molecule has 0 heterocycles. The first-order valence-corrected chi connectivity index (χ1v) is 10.6. The fourth-order valence-corrected chi connectivity index (χ4v) is 3.23. The third kappa shape index (κ3) is 6.63. The van der Waals surface area contributed by atoms with Crippen LogP contribution in [0.3, 0.4) is 0 Å². The van der Waals surface area contributed by atoms with Crippen LogP contribution in [-0.4, -0.2) is 11.7 Å². The number of carbonyl (C=O) groups excluding carboxylic acids is 1. The number of alkyl carbamates (subject to hydrolysis) is 1. The summed E-state index contributed by atoms with van der Waals surface area (Å²) in [5.74, 6) is 0.738. The van der Waals surface area contributed by atoms with E-state index < -0.39 is 11.7 Å². The second-order valence-corrected chi connectivity index (χ2v) is 8.89. The number of amides is 1. The Hall–Kier alpha value is -2.79. The van der Waals surface area contributed by atoms with Crippen LogP contribution < -0.4 is 10.1 Å². The normalized spacial score (nSPS) is 12.1. The number of ether oxygens (including phenoxy) is 2. The number of halogens is 1. The first kappa shape index (κ1) is 21.9. The van der Waals surface area contributed by atoms with E-state index in [4.69, 9.17) is 9.47 Å². The van der Waals surface area contributed by atoms with Gasteiger partial charge in [-0.1, -0.05) is 70.5 Å². The molecule has 1 N–H and O–H groups in total. The summed E-state index contributed by atoms with van der Waals surface area (Å²) in [5, 5.41) is 2.99. The van der Waals surface area contributed by atoms with Crippen LogP contribution in [0.5, 0.6) is 5.75 Å². The molecule has 3 aromatic rings. The molecule has 0 aliphatic heterocycles. The highest BCUT2D eigenvalue weighted by Crippen LogP contribution is 2.26. The summed E-state index contributed by atoms with van der Waals surface area (Å²) in [6.07, 6.45) is -0.461. The van der Waals surface area contributed by atoms with Crippen LogP contribution in [0.25, 0.3) is 0 Å². The van der Waals surface area contributed by atoms with Crippen molar-refractivity contribution in [3.8, 4) is 5.75 Å². The van der Waals surface area contributed by atoms with Crippen molar-refractivity contribution < 1.29 is 14.3 Å². The van der Waals surface area contributed by atoms with Crippen molar-refractivity contribution in [2.75, 3.05) is 0 Å². The molecule has 0 saturated carbocycles. The van der Waals surface area contributed by atoms with E-state index >= 15 is 0 Å². The second-order valence-electron chi connectivity index (χ2n) is 7.98.